The van der Waals surface area contributed by atoms with Gasteiger partial charge in [0.2, 0.25) is 0 Å². The Morgan fingerprint density at radius 2 is 2.22 bits per heavy atom. The molecule has 0 unspecified atom stereocenters. The highest BCUT2D eigenvalue weighted by molar-refractivity contribution is 5.24. The monoisotopic (exact) mass is 122 g/mol. The second-order valence-electron chi connectivity index (χ2n) is 2.36. The maximum absolute atomic E-state index is 3.82. The van der Waals surface area contributed by atoms with Crippen molar-refractivity contribution in [1.82, 2.24) is 0 Å². The van der Waals surface area contributed by atoms with Gasteiger partial charge < -0.3 is 5.73 Å². The quantitative estimate of drug-likeness (QED) is 0.497. The van der Waals surface area contributed by atoms with Gasteiger partial charge in [-0.25, -0.2) is 0 Å². The summed E-state index contributed by atoms with van der Waals surface area (Å²) in [5, 5.41) is 0. The van der Waals surface area contributed by atoms with Crippen LogP contribution in [0.5, 0.6) is 0 Å². The van der Waals surface area contributed by atoms with Crippen molar-refractivity contribution in [3.63, 3.8) is 0 Å². The largest absolute Gasteiger partial charge is 0.325 e. The molecule has 0 spiro atoms. The SMILES string of the molecule is CC1=CC=C([NH3+])C=CC1. The Kier molecular flexibility index (Phi) is 1.85. The Hall–Kier alpha value is -0.820. The molecule has 9 heavy (non-hydrogen) atoms. The van der Waals surface area contributed by atoms with Crippen LogP contribution in [-0.2, 0) is 0 Å². The number of allylic oxidation sites excluding steroid dienone is 5. The summed E-state index contributed by atoms with van der Waals surface area (Å²) in [4.78, 5) is 0. The Morgan fingerprint density at radius 3 is 3.00 bits per heavy atom. The van der Waals surface area contributed by atoms with Crippen LogP contribution in [0.4, 0.5) is 0 Å². The molecule has 0 fully saturated rings. The zero-order valence-corrected chi connectivity index (χ0v) is 5.72. The summed E-state index contributed by atoms with van der Waals surface area (Å²) >= 11 is 0. The van der Waals surface area contributed by atoms with Gasteiger partial charge in [-0.3, -0.25) is 0 Å². The molecule has 3 N–H and O–H groups in total. The zero-order chi connectivity index (χ0) is 6.69. The molecule has 0 atom stereocenters. The predicted molar refractivity (Wildman–Crippen MR) is 38.5 cm³/mol. The third-order valence-electron chi connectivity index (χ3n) is 1.35. The van der Waals surface area contributed by atoms with Gasteiger partial charge in [0.15, 0.2) is 0 Å². The summed E-state index contributed by atoms with van der Waals surface area (Å²) in [6.45, 7) is 2.12. The van der Waals surface area contributed by atoms with Gasteiger partial charge >= 0.3 is 0 Å². The average Bonchev–Trinajstić information content (AvgIpc) is 1.97. The fraction of sp³-hybridized carbons (Fsp3) is 0.250. The van der Waals surface area contributed by atoms with Crippen LogP contribution in [0.25, 0.3) is 0 Å². The van der Waals surface area contributed by atoms with Crippen molar-refractivity contribution in [2.45, 2.75) is 13.3 Å². The summed E-state index contributed by atoms with van der Waals surface area (Å²) in [7, 11) is 0. The first kappa shape index (κ1) is 6.30. The molecule has 0 aromatic carbocycles. The molecule has 1 aliphatic carbocycles. The van der Waals surface area contributed by atoms with E-state index in [4.69, 9.17) is 0 Å². The molecule has 0 aliphatic heterocycles. The standard InChI is InChI=1S/C8H11N/c1-7-3-2-4-8(9)6-5-7/h2,4-6H,3,9H2,1H3/p+1. The van der Waals surface area contributed by atoms with E-state index in [9.17, 15) is 0 Å². The lowest BCUT2D eigenvalue weighted by Crippen LogP contribution is -2.46. The van der Waals surface area contributed by atoms with Crippen LogP contribution in [0, 0.1) is 0 Å². The highest BCUT2D eigenvalue weighted by Gasteiger charge is 1.91. The number of quaternary nitrogens is 1. The van der Waals surface area contributed by atoms with Crippen LogP contribution in [-0.4, -0.2) is 0 Å². The van der Waals surface area contributed by atoms with E-state index in [1.165, 1.54) is 5.57 Å². The third kappa shape index (κ3) is 1.86. The smallest absolute Gasteiger partial charge is 0.127 e. The molecule has 0 radical (unpaired) electrons. The van der Waals surface area contributed by atoms with E-state index in [0.29, 0.717) is 0 Å². The van der Waals surface area contributed by atoms with E-state index in [1.54, 1.807) is 0 Å². The number of rotatable bonds is 0. The first-order valence-corrected chi connectivity index (χ1v) is 3.15. The van der Waals surface area contributed by atoms with Crippen molar-refractivity contribution < 1.29 is 5.73 Å². The van der Waals surface area contributed by atoms with Crippen molar-refractivity contribution in [2.24, 2.45) is 0 Å². The first-order chi connectivity index (χ1) is 4.29. The van der Waals surface area contributed by atoms with Gasteiger partial charge in [0.05, 0.1) is 0 Å². The molecule has 0 aromatic heterocycles. The molecule has 1 nitrogen and oxygen atoms in total. The lowest BCUT2D eigenvalue weighted by Gasteiger charge is -1.86. The van der Waals surface area contributed by atoms with E-state index in [0.717, 1.165) is 12.1 Å². The van der Waals surface area contributed by atoms with Crippen LogP contribution >= 0.6 is 0 Å². The van der Waals surface area contributed by atoms with E-state index < -0.39 is 0 Å². The minimum Gasteiger partial charge on any atom is -0.325 e. The van der Waals surface area contributed by atoms with Crippen molar-refractivity contribution in [1.29, 1.82) is 0 Å². The Labute approximate surface area is 55.6 Å². The van der Waals surface area contributed by atoms with E-state index in [1.807, 2.05) is 12.2 Å². The Balaban J connectivity index is 2.80. The average molecular weight is 122 g/mol. The summed E-state index contributed by atoms with van der Waals surface area (Å²) in [6, 6.07) is 0. The summed E-state index contributed by atoms with van der Waals surface area (Å²) < 4.78 is 0. The number of hydrogen-bond acceptors (Lipinski definition) is 0. The maximum atomic E-state index is 3.82. The molecule has 0 bridgehead atoms. The second-order valence-corrected chi connectivity index (χ2v) is 2.36. The van der Waals surface area contributed by atoms with Gasteiger partial charge in [-0.1, -0.05) is 17.7 Å². The molecule has 0 amide bonds. The van der Waals surface area contributed by atoms with Crippen LogP contribution < -0.4 is 5.73 Å². The van der Waals surface area contributed by atoms with Crippen LogP contribution in [0.1, 0.15) is 13.3 Å². The summed E-state index contributed by atoms with van der Waals surface area (Å²) in [6.07, 6.45) is 9.40. The van der Waals surface area contributed by atoms with Crippen molar-refractivity contribution in [3.8, 4) is 0 Å². The van der Waals surface area contributed by atoms with Gasteiger partial charge in [0.25, 0.3) is 0 Å². The zero-order valence-electron chi connectivity index (χ0n) is 5.72. The predicted octanol–water partition coefficient (Wildman–Crippen LogP) is 1.02. The maximum Gasteiger partial charge on any atom is 0.127 e. The second kappa shape index (κ2) is 2.65. The Morgan fingerprint density at radius 1 is 1.44 bits per heavy atom. The van der Waals surface area contributed by atoms with Crippen LogP contribution in [0.15, 0.2) is 35.6 Å². The van der Waals surface area contributed by atoms with E-state index in [2.05, 4.69) is 24.8 Å². The fourth-order valence-corrected chi connectivity index (χ4v) is 0.769. The fourth-order valence-electron chi connectivity index (χ4n) is 0.769. The highest BCUT2D eigenvalue weighted by atomic mass is 14.5. The molecule has 1 aliphatic rings. The Bertz CT molecular complexity index is 185. The molecular formula is C8H12N+. The van der Waals surface area contributed by atoms with Crippen molar-refractivity contribution >= 4 is 0 Å². The topological polar surface area (TPSA) is 27.6 Å². The van der Waals surface area contributed by atoms with Gasteiger partial charge in [-0.05, 0) is 25.5 Å². The lowest BCUT2D eigenvalue weighted by atomic mass is 10.2. The van der Waals surface area contributed by atoms with Gasteiger partial charge in [-0.15, -0.1) is 0 Å². The van der Waals surface area contributed by atoms with Gasteiger partial charge in [0.1, 0.15) is 5.70 Å². The van der Waals surface area contributed by atoms with E-state index >= 15 is 0 Å². The normalized spacial score (nSPS) is 18.4. The van der Waals surface area contributed by atoms with Crippen molar-refractivity contribution in [3.05, 3.63) is 35.6 Å². The van der Waals surface area contributed by atoms with Crippen molar-refractivity contribution in [2.75, 3.05) is 0 Å². The first-order valence-electron chi connectivity index (χ1n) is 3.15. The van der Waals surface area contributed by atoms with Gasteiger partial charge in [0, 0.05) is 0 Å². The molecule has 0 saturated heterocycles. The lowest BCUT2D eigenvalue weighted by molar-refractivity contribution is -0.294. The minimum absolute atomic E-state index is 1.06. The molecule has 0 heterocycles. The summed E-state index contributed by atoms with van der Waals surface area (Å²) in [5.74, 6) is 0. The van der Waals surface area contributed by atoms with E-state index in [-0.39, 0.29) is 0 Å². The van der Waals surface area contributed by atoms with Gasteiger partial charge in [-0.2, -0.15) is 0 Å². The molecule has 0 aromatic rings. The molecule has 1 heteroatoms. The molecule has 1 rings (SSSR count). The molecule has 48 valence electrons. The van der Waals surface area contributed by atoms with Crippen LogP contribution in [0.3, 0.4) is 0 Å². The third-order valence-corrected chi connectivity index (χ3v) is 1.35. The van der Waals surface area contributed by atoms with Crippen LogP contribution in [0.2, 0.25) is 0 Å². The minimum atomic E-state index is 1.06. The summed E-state index contributed by atoms with van der Waals surface area (Å²) in [5.41, 5.74) is 6.30. The highest BCUT2D eigenvalue weighted by Crippen LogP contribution is 2.05. The number of hydrogen-bond donors (Lipinski definition) is 1. The molecule has 0 saturated carbocycles. The molecular weight excluding hydrogens is 110 g/mol.